The van der Waals surface area contributed by atoms with Crippen LogP contribution in [0.5, 0.6) is 0 Å². The molecule has 3 nitrogen and oxygen atoms in total. The average molecular weight is 358 g/mol. The van der Waals surface area contributed by atoms with Crippen molar-refractivity contribution in [3.63, 3.8) is 0 Å². The zero-order valence-electron chi connectivity index (χ0n) is 16.4. The van der Waals surface area contributed by atoms with Gasteiger partial charge < -0.3 is 9.80 Å². The Labute approximate surface area is 162 Å². The highest BCUT2D eigenvalue weighted by Crippen LogP contribution is 2.31. The molecule has 2 aromatic carbocycles. The fourth-order valence-electron chi connectivity index (χ4n) is 3.19. The van der Waals surface area contributed by atoms with E-state index in [0.717, 1.165) is 41.0 Å². The quantitative estimate of drug-likeness (QED) is 0.580. The zero-order valence-corrected chi connectivity index (χ0v) is 16.4. The van der Waals surface area contributed by atoms with Crippen LogP contribution in [0.25, 0.3) is 34.3 Å². The van der Waals surface area contributed by atoms with Gasteiger partial charge in [-0.2, -0.15) is 0 Å². The molecule has 27 heavy (non-hydrogen) atoms. The molecule has 1 aromatic heterocycles. The number of pyridine rings is 1. The Morgan fingerprint density at radius 3 is 2.33 bits per heavy atom. The van der Waals surface area contributed by atoms with Gasteiger partial charge in [-0.1, -0.05) is 55.6 Å². The molecule has 3 aromatic rings. The van der Waals surface area contributed by atoms with Crippen LogP contribution in [0.3, 0.4) is 0 Å². The van der Waals surface area contributed by atoms with Crippen molar-refractivity contribution in [1.82, 2.24) is 9.88 Å². The lowest BCUT2D eigenvalue weighted by Crippen LogP contribution is -2.28. The van der Waals surface area contributed by atoms with Gasteiger partial charge in [0.25, 0.3) is 0 Å². The number of para-hydroxylation sites is 1. The summed E-state index contributed by atoms with van der Waals surface area (Å²) in [6.45, 7) is 9.76. The Morgan fingerprint density at radius 1 is 0.889 bits per heavy atom. The maximum atomic E-state index is 4.92. The van der Waals surface area contributed by atoms with Gasteiger partial charge in [0.2, 0.25) is 0 Å². The lowest BCUT2D eigenvalue weighted by molar-refractivity contribution is 0.416. The minimum atomic E-state index is 0.952. The average Bonchev–Trinajstić information content (AvgIpc) is 2.70. The molecule has 0 bridgehead atoms. The number of benzene rings is 2. The molecule has 0 fully saturated rings. The van der Waals surface area contributed by atoms with Crippen LogP contribution in [0.2, 0.25) is 0 Å². The number of fused-ring (bicyclic) bond motifs is 1. The van der Waals surface area contributed by atoms with Crippen molar-refractivity contribution in [2.45, 2.75) is 0 Å². The standard InChI is InChI=1S/C24H27N3/c1-6-18-12-13-20(16-19(18)7-2)23-17-24(27(5)15-14-26(3)4)21-10-8-9-11-22(21)25-23/h6-13,16-17H,1-2,14-15H2,3-5H3. The van der Waals surface area contributed by atoms with Crippen molar-refractivity contribution in [2.75, 3.05) is 39.1 Å². The Kier molecular flexibility index (Phi) is 5.72. The summed E-state index contributed by atoms with van der Waals surface area (Å²) in [5.74, 6) is 0. The number of nitrogens with zero attached hydrogens (tertiary/aromatic N) is 3. The first-order chi connectivity index (χ1) is 13.0. The minimum Gasteiger partial charge on any atom is -0.373 e. The lowest BCUT2D eigenvalue weighted by Gasteiger charge is -2.24. The van der Waals surface area contributed by atoms with E-state index in [0.29, 0.717) is 0 Å². The van der Waals surface area contributed by atoms with Crippen LogP contribution in [-0.4, -0.2) is 44.1 Å². The van der Waals surface area contributed by atoms with Crippen molar-refractivity contribution >= 4 is 28.7 Å². The van der Waals surface area contributed by atoms with E-state index in [1.165, 1.54) is 11.1 Å². The molecule has 3 heteroatoms. The molecule has 0 unspecified atom stereocenters. The van der Waals surface area contributed by atoms with E-state index >= 15 is 0 Å². The first-order valence-electron chi connectivity index (χ1n) is 9.18. The Hall–Kier alpha value is -2.91. The van der Waals surface area contributed by atoms with Crippen LogP contribution in [0.1, 0.15) is 11.1 Å². The van der Waals surface area contributed by atoms with E-state index in [9.17, 15) is 0 Å². The number of anilines is 1. The zero-order chi connectivity index (χ0) is 19.4. The Morgan fingerprint density at radius 2 is 1.63 bits per heavy atom. The first-order valence-corrected chi connectivity index (χ1v) is 9.18. The maximum absolute atomic E-state index is 4.92. The predicted octanol–water partition coefficient (Wildman–Crippen LogP) is 5.19. The van der Waals surface area contributed by atoms with Crippen LogP contribution in [-0.2, 0) is 0 Å². The summed E-state index contributed by atoms with van der Waals surface area (Å²) in [7, 11) is 6.34. The summed E-state index contributed by atoms with van der Waals surface area (Å²) < 4.78 is 0. The van der Waals surface area contributed by atoms with Crippen LogP contribution < -0.4 is 4.90 Å². The molecule has 0 amide bonds. The van der Waals surface area contributed by atoms with Gasteiger partial charge in [0.15, 0.2) is 0 Å². The molecule has 1 heterocycles. The Bertz CT molecular complexity index is 973. The van der Waals surface area contributed by atoms with Gasteiger partial charge in [0.1, 0.15) is 0 Å². The number of likely N-dealkylation sites (N-methyl/N-ethyl adjacent to an activating group) is 2. The predicted molar refractivity (Wildman–Crippen MR) is 119 cm³/mol. The van der Waals surface area contributed by atoms with Gasteiger partial charge in [0.05, 0.1) is 11.2 Å². The van der Waals surface area contributed by atoms with E-state index in [1.54, 1.807) is 0 Å². The molecule has 3 rings (SSSR count). The van der Waals surface area contributed by atoms with E-state index < -0.39 is 0 Å². The van der Waals surface area contributed by atoms with E-state index in [-0.39, 0.29) is 0 Å². The number of aromatic nitrogens is 1. The molecule has 0 saturated heterocycles. The molecular formula is C24H27N3. The number of rotatable bonds is 7. The van der Waals surface area contributed by atoms with Crippen molar-refractivity contribution in [2.24, 2.45) is 0 Å². The van der Waals surface area contributed by atoms with Gasteiger partial charge in [-0.15, -0.1) is 0 Å². The van der Waals surface area contributed by atoms with Crippen LogP contribution >= 0.6 is 0 Å². The third kappa shape index (κ3) is 4.09. The van der Waals surface area contributed by atoms with Gasteiger partial charge in [0, 0.05) is 36.8 Å². The van der Waals surface area contributed by atoms with Gasteiger partial charge in [-0.25, -0.2) is 4.98 Å². The third-order valence-corrected chi connectivity index (χ3v) is 4.81. The van der Waals surface area contributed by atoms with Gasteiger partial charge in [-0.3, -0.25) is 0 Å². The van der Waals surface area contributed by atoms with Crippen LogP contribution in [0.4, 0.5) is 5.69 Å². The van der Waals surface area contributed by atoms with E-state index in [2.05, 4.69) is 86.6 Å². The fraction of sp³-hybridized carbons (Fsp3) is 0.208. The molecule has 0 aliphatic heterocycles. The minimum absolute atomic E-state index is 0.952. The molecule has 0 atom stereocenters. The smallest absolute Gasteiger partial charge is 0.0730 e. The highest BCUT2D eigenvalue weighted by atomic mass is 15.2. The van der Waals surface area contributed by atoms with Crippen LogP contribution in [0, 0.1) is 0 Å². The number of hydrogen-bond donors (Lipinski definition) is 0. The normalized spacial score (nSPS) is 11.0. The molecule has 0 saturated carbocycles. The van der Waals surface area contributed by atoms with Crippen molar-refractivity contribution in [3.8, 4) is 11.3 Å². The summed E-state index contributed by atoms with van der Waals surface area (Å²) >= 11 is 0. The molecule has 0 aliphatic carbocycles. The summed E-state index contributed by atoms with van der Waals surface area (Å²) in [6.07, 6.45) is 3.72. The molecule has 0 radical (unpaired) electrons. The number of hydrogen-bond acceptors (Lipinski definition) is 3. The van der Waals surface area contributed by atoms with Crippen LogP contribution in [0.15, 0.2) is 61.7 Å². The van der Waals surface area contributed by atoms with Crippen molar-refractivity contribution < 1.29 is 0 Å². The molecule has 0 aliphatic rings. The highest BCUT2D eigenvalue weighted by molar-refractivity contribution is 5.94. The Balaban J connectivity index is 2.12. The monoisotopic (exact) mass is 357 g/mol. The van der Waals surface area contributed by atoms with Crippen molar-refractivity contribution in [3.05, 3.63) is 72.8 Å². The molecule has 0 spiro atoms. The maximum Gasteiger partial charge on any atom is 0.0730 e. The van der Waals surface area contributed by atoms with Gasteiger partial charge >= 0.3 is 0 Å². The molecule has 0 N–H and O–H groups in total. The lowest BCUT2D eigenvalue weighted by atomic mass is 10.0. The second-order valence-electron chi connectivity index (χ2n) is 7.02. The van der Waals surface area contributed by atoms with Crippen molar-refractivity contribution in [1.29, 1.82) is 0 Å². The summed E-state index contributed by atoms with van der Waals surface area (Å²) in [5, 5.41) is 1.18. The fourth-order valence-corrected chi connectivity index (χ4v) is 3.19. The summed E-state index contributed by atoms with van der Waals surface area (Å²) in [4.78, 5) is 9.42. The third-order valence-electron chi connectivity index (χ3n) is 4.81. The highest BCUT2D eigenvalue weighted by Gasteiger charge is 2.12. The summed E-state index contributed by atoms with van der Waals surface area (Å²) in [5.41, 5.74) is 6.42. The van der Waals surface area contributed by atoms with E-state index in [1.807, 2.05) is 18.2 Å². The SMILES string of the molecule is C=Cc1ccc(-c2cc(N(C)CCN(C)C)c3ccccc3n2)cc1C=C. The largest absolute Gasteiger partial charge is 0.373 e. The molecule has 138 valence electrons. The van der Waals surface area contributed by atoms with E-state index in [4.69, 9.17) is 4.98 Å². The van der Waals surface area contributed by atoms with Gasteiger partial charge in [-0.05, 0) is 43.4 Å². The second-order valence-corrected chi connectivity index (χ2v) is 7.02. The molecular weight excluding hydrogens is 330 g/mol. The first kappa shape index (κ1) is 18.9. The second kappa shape index (κ2) is 8.19. The summed E-state index contributed by atoms with van der Waals surface area (Å²) in [6, 6.07) is 16.8. The topological polar surface area (TPSA) is 19.4 Å².